The van der Waals surface area contributed by atoms with Crippen LogP contribution in [0.5, 0.6) is 0 Å². The van der Waals surface area contributed by atoms with Gasteiger partial charge in [0.1, 0.15) is 12.1 Å². The molecular formula is C8H13NO5S. The van der Waals surface area contributed by atoms with E-state index in [1.165, 1.54) is 6.92 Å². The average Bonchev–Trinajstić information content (AvgIpc) is 2.38. The monoisotopic (exact) mass is 235 g/mol. The molecule has 1 fully saturated rings. The molecule has 3 atom stereocenters. The maximum absolute atomic E-state index is 11.3. The van der Waals surface area contributed by atoms with Crippen LogP contribution in [0.2, 0.25) is 0 Å². The lowest BCUT2D eigenvalue weighted by Gasteiger charge is -2.21. The third-order valence-corrected chi connectivity index (χ3v) is 3.42. The van der Waals surface area contributed by atoms with Gasteiger partial charge in [0.2, 0.25) is 0 Å². The van der Waals surface area contributed by atoms with Crippen molar-refractivity contribution in [1.82, 2.24) is 4.31 Å². The highest BCUT2D eigenvalue weighted by Gasteiger charge is 2.44. The molecular weight excluding hydrogens is 222 g/mol. The van der Waals surface area contributed by atoms with Crippen LogP contribution in [0.15, 0.2) is 0 Å². The Bertz CT molecular complexity index is 305. The largest absolute Gasteiger partial charge is 0.480 e. The van der Waals surface area contributed by atoms with E-state index >= 15 is 0 Å². The van der Waals surface area contributed by atoms with Gasteiger partial charge in [0, 0.05) is 0 Å². The molecule has 1 saturated heterocycles. The highest BCUT2D eigenvalue weighted by atomic mass is 32.2. The molecule has 1 unspecified atom stereocenters. The van der Waals surface area contributed by atoms with E-state index in [-0.39, 0.29) is 0 Å². The van der Waals surface area contributed by atoms with Crippen molar-refractivity contribution in [2.75, 3.05) is 0 Å². The molecule has 0 amide bonds. The second-order valence-corrected chi connectivity index (χ2v) is 4.32. The molecule has 0 aromatic heterocycles. The van der Waals surface area contributed by atoms with E-state index in [1.807, 2.05) is 6.92 Å². The Morgan fingerprint density at radius 3 is 2.67 bits per heavy atom. The van der Waals surface area contributed by atoms with Crippen LogP contribution in [-0.4, -0.2) is 37.6 Å². The quantitative estimate of drug-likeness (QED) is 0.745. The van der Waals surface area contributed by atoms with Gasteiger partial charge < -0.3 is 9.29 Å². The minimum absolute atomic E-state index is 0.335. The Labute approximate surface area is 90.0 Å². The van der Waals surface area contributed by atoms with Crippen LogP contribution in [0.25, 0.3) is 0 Å². The molecule has 0 saturated carbocycles. The lowest BCUT2D eigenvalue weighted by Crippen LogP contribution is -2.44. The summed E-state index contributed by atoms with van der Waals surface area (Å²) < 4.78 is 16.9. The standard InChI is InChI=1S/C8H13NO5S/c1-3-4-6(7(10)11)9-5(2)8(12)14-15(9)13/h5-6H,3-4H2,1-2H3,(H,10,11)/t5-,6-,15?/m0/s1. The van der Waals surface area contributed by atoms with Gasteiger partial charge in [-0.3, -0.25) is 4.79 Å². The van der Waals surface area contributed by atoms with Crippen molar-refractivity contribution in [3.05, 3.63) is 0 Å². The van der Waals surface area contributed by atoms with Gasteiger partial charge in [-0.05, 0) is 13.3 Å². The zero-order valence-corrected chi connectivity index (χ0v) is 9.32. The summed E-state index contributed by atoms with van der Waals surface area (Å²) in [4.78, 5) is 22.0. The van der Waals surface area contributed by atoms with Crippen molar-refractivity contribution in [2.24, 2.45) is 0 Å². The number of aliphatic carboxylic acids is 1. The minimum Gasteiger partial charge on any atom is -0.480 e. The number of carboxylic acid groups (broad SMARTS) is 1. The smallest absolute Gasteiger partial charge is 0.339 e. The number of nitrogens with zero attached hydrogens (tertiary/aromatic N) is 1. The Hall–Kier alpha value is -0.950. The zero-order valence-electron chi connectivity index (χ0n) is 8.50. The molecule has 86 valence electrons. The summed E-state index contributed by atoms with van der Waals surface area (Å²) in [6.07, 6.45) is 0.966. The summed E-state index contributed by atoms with van der Waals surface area (Å²) >= 11 is -1.97. The van der Waals surface area contributed by atoms with Crippen molar-refractivity contribution >= 4 is 23.2 Å². The average molecular weight is 235 g/mol. The highest BCUT2D eigenvalue weighted by Crippen LogP contribution is 2.22. The van der Waals surface area contributed by atoms with E-state index in [0.717, 1.165) is 4.31 Å². The number of hydrogen-bond donors (Lipinski definition) is 1. The lowest BCUT2D eigenvalue weighted by atomic mass is 10.1. The van der Waals surface area contributed by atoms with Crippen molar-refractivity contribution < 1.29 is 23.1 Å². The van der Waals surface area contributed by atoms with E-state index in [1.54, 1.807) is 0 Å². The van der Waals surface area contributed by atoms with Crippen molar-refractivity contribution in [1.29, 1.82) is 0 Å². The van der Waals surface area contributed by atoms with Gasteiger partial charge >= 0.3 is 11.9 Å². The first-order valence-electron chi connectivity index (χ1n) is 4.64. The molecule has 6 nitrogen and oxygen atoms in total. The fraction of sp³-hybridized carbons (Fsp3) is 0.750. The van der Waals surface area contributed by atoms with Crippen LogP contribution >= 0.6 is 0 Å². The summed E-state index contributed by atoms with van der Waals surface area (Å²) in [6.45, 7) is 3.31. The van der Waals surface area contributed by atoms with Gasteiger partial charge in [0.25, 0.3) is 11.3 Å². The number of carbonyl (C=O) groups is 2. The van der Waals surface area contributed by atoms with Crippen molar-refractivity contribution in [3.63, 3.8) is 0 Å². The van der Waals surface area contributed by atoms with E-state index in [9.17, 15) is 13.8 Å². The van der Waals surface area contributed by atoms with E-state index in [4.69, 9.17) is 5.11 Å². The summed E-state index contributed by atoms with van der Waals surface area (Å²) in [5.41, 5.74) is 0. The molecule has 1 N–H and O–H groups in total. The Morgan fingerprint density at radius 1 is 1.73 bits per heavy atom. The van der Waals surface area contributed by atoms with Crippen LogP contribution in [0.3, 0.4) is 0 Å². The zero-order chi connectivity index (χ0) is 11.6. The van der Waals surface area contributed by atoms with Gasteiger partial charge in [-0.15, -0.1) is 0 Å². The number of rotatable bonds is 4. The van der Waals surface area contributed by atoms with Crippen LogP contribution in [0, 0.1) is 0 Å². The fourth-order valence-corrected chi connectivity index (χ4v) is 2.54. The summed E-state index contributed by atoms with van der Waals surface area (Å²) in [5, 5.41) is 8.94. The summed E-state index contributed by atoms with van der Waals surface area (Å²) in [6, 6.07) is -1.70. The van der Waals surface area contributed by atoms with Crippen LogP contribution in [-0.2, 0) is 25.0 Å². The third-order valence-electron chi connectivity index (χ3n) is 2.20. The molecule has 1 rings (SSSR count). The lowest BCUT2D eigenvalue weighted by molar-refractivity contribution is -0.142. The first kappa shape index (κ1) is 12.1. The van der Waals surface area contributed by atoms with Crippen LogP contribution in [0.4, 0.5) is 0 Å². The maximum atomic E-state index is 11.3. The SMILES string of the molecule is CCC[C@@H](C(=O)O)N1[C@@H](C)C(=O)OS1=O. The molecule has 0 aliphatic carbocycles. The van der Waals surface area contributed by atoms with Gasteiger partial charge in [-0.2, -0.15) is 8.51 Å². The minimum atomic E-state index is -1.97. The van der Waals surface area contributed by atoms with Gasteiger partial charge in [-0.25, -0.2) is 4.79 Å². The highest BCUT2D eigenvalue weighted by molar-refractivity contribution is 7.78. The van der Waals surface area contributed by atoms with E-state index < -0.39 is 35.3 Å². The van der Waals surface area contributed by atoms with Gasteiger partial charge in [0.05, 0.1) is 0 Å². The number of hydrogen-bond acceptors (Lipinski definition) is 4. The molecule has 1 aliphatic rings. The van der Waals surface area contributed by atoms with E-state index in [2.05, 4.69) is 4.18 Å². The molecule has 15 heavy (non-hydrogen) atoms. The first-order valence-corrected chi connectivity index (χ1v) is 5.67. The second kappa shape index (κ2) is 4.71. The Morgan fingerprint density at radius 2 is 2.33 bits per heavy atom. The Kier molecular flexibility index (Phi) is 3.81. The maximum Gasteiger partial charge on any atom is 0.339 e. The predicted molar refractivity (Wildman–Crippen MR) is 51.9 cm³/mol. The topological polar surface area (TPSA) is 83.9 Å². The molecule has 1 aliphatic heterocycles. The summed E-state index contributed by atoms with van der Waals surface area (Å²) in [7, 11) is 0. The number of carboxylic acids is 1. The molecule has 0 aromatic carbocycles. The summed E-state index contributed by atoms with van der Waals surface area (Å²) in [5.74, 6) is -1.73. The Balaban J connectivity index is 2.87. The predicted octanol–water partition coefficient (Wildman–Crippen LogP) is 0.0657. The van der Waals surface area contributed by atoms with E-state index in [0.29, 0.717) is 12.8 Å². The fourth-order valence-electron chi connectivity index (χ4n) is 1.42. The van der Waals surface area contributed by atoms with Crippen molar-refractivity contribution in [2.45, 2.75) is 38.8 Å². The molecule has 0 bridgehead atoms. The molecule has 0 spiro atoms. The van der Waals surface area contributed by atoms with Gasteiger partial charge in [-0.1, -0.05) is 13.3 Å². The van der Waals surface area contributed by atoms with Crippen LogP contribution in [0.1, 0.15) is 26.7 Å². The molecule has 1 heterocycles. The normalized spacial score (nSPS) is 28.8. The molecule has 7 heteroatoms. The van der Waals surface area contributed by atoms with Crippen molar-refractivity contribution in [3.8, 4) is 0 Å². The molecule has 0 radical (unpaired) electrons. The third kappa shape index (κ3) is 2.35. The van der Waals surface area contributed by atoms with Gasteiger partial charge in [0.15, 0.2) is 0 Å². The van der Waals surface area contributed by atoms with Crippen LogP contribution < -0.4 is 0 Å². The first-order chi connectivity index (χ1) is 6.99. The second-order valence-electron chi connectivity index (χ2n) is 3.30. The molecule has 0 aromatic rings. The number of carbonyl (C=O) groups excluding carboxylic acids is 1.